The zero-order chi connectivity index (χ0) is 21.7. The number of hydrogen-bond donors (Lipinski definition) is 1. The molecule has 1 N–H and O–H groups in total. The number of benzene rings is 1. The third kappa shape index (κ3) is 4.79. The lowest BCUT2D eigenvalue weighted by atomic mass is 9.93. The average Bonchev–Trinajstić information content (AvgIpc) is 3.13. The number of amides is 2. The largest absolute Gasteiger partial charge is 0.445 e. The second kappa shape index (κ2) is 9.44. The van der Waals surface area contributed by atoms with Gasteiger partial charge in [-0.2, -0.15) is 0 Å². The van der Waals surface area contributed by atoms with E-state index in [1.54, 1.807) is 13.0 Å². The molecule has 158 valence electrons. The highest BCUT2D eigenvalue weighted by molar-refractivity contribution is 7.95. The summed E-state index contributed by atoms with van der Waals surface area (Å²) in [5.74, 6) is -0.273. The van der Waals surface area contributed by atoms with Gasteiger partial charge < -0.3 is 19.1 Å². The van der Waals surface area contributed by atoms with E-state index in [1.807, 2.05) is 0 Å². The molecule has 0 saturated carbocycles. The zero-order valence-corrected chi connectivity index (χ0v) is 16.8. The molecule has 0 aromatic heterocycles. The van der Waals surface area contributed by atoms with Crippen LogP contribution in [0, 0.1) is 10.1 Å². The van der Waals surface area contributed by atoms with Gasteiger partial charge in [-0.25, -0.2) is 9.59 Å². The molecule has 0 aliphatic carbocycles. The molecule has 0 bridgehead atoms. The number of non-ortho nitro benzene ring substituents is 1. The number of β-lactam (4-membered cyclic amide) rings is 1. The monoisotopic (exact) mass is 433 g/mol. The predicted octanol–water partition coefficient (Wildman–Crippen LogP) is 2.46. The van der Waals surface area contributed by atoms with E-state index < -0.39 is 17.0 Å². The molecule has 2 amide bonds. The molecular formula is C19H19N3O7S. The maximum Gasteiger partial charge on any atom is 0.407 e. The molecule has 10 nitrogen and oxygen atoms in total. The lowest BCUT2D eigenvalue weighted by Gasteiger charge is -2.36. The quantitative estimate of drug-likeness (QED) is 0.165. The van der Waals surface area contributed by atoms with E-state index in [9.17, 15) is 24.5 Å². The summed E-state index contributed by atoms with van der Waals surface area (Å²) in [5.41, 5.74) is 1.72. The average molecular weight is 433 g/mol. The van der Waals surface area contributed by atoms with Crippen molar-refractivity contribution in [1.29, 1.82) is 0 Å². The van der Waals surface area contributed by atoms with Gasteiger partial charge in [-0.3, -0.25) is 14.9 Å². The maximum atomic E-state index is 12.1. The van der Waals surface area contributed by atoms with Gasteiger partial charge in [0.05, 0.1) is 28.6 Å². The smallest absolute Gasteiger partial charge is 0.407 e. The van der Waals surface area contributed by atoms with Gasteiger partial charge in [0, 0.05) is 42.6 Å². The van der Waals surface area contributed by atoms with Crippen molar-refractivity contribution in [1.82, 2.24) is 10.2 Å². The molecule has 0 spiro atoms. The van der Waals surface area contributed by atoms with E-state index >= 15 is 0 Å². The number of carbonyl (C=O) groups excluding carboxylic acids is 3. The molecule has 1 aromatic carbocycles. The summed E-state index contributed by atoms with van der Waals surface area (Å²) in [7, 11) is 0. The number of rotatable bonds is 8. The molecule has 2 aliphatic rings. The van der Waals surface area contributed by atoms with Gasteiger partial charge in [0.25, 0.3) is 11.6 Å². The first-order valence-corrected chi connectivity index (χ1v) is 9.99. The number of fused-ring (bicyclic) bond motifs is 1. The molecule has 1 unspecified atom stereocenters. The topological polar surface area (TPSA) is 128 Å². The fourth-order valence-corrected chi connectivity index (χ4v) is 3.49. The molecule has 1 aromatic rings. The zero-order valence-electron chi connectivity index (χ0n) is 16.0. The molecule has 11 heteroatoms. The van der Waals surface area contributed by atoms with Crippen LogP contribution in [-0.4, -0.2) is 46.1 Å². The number of nitrogens with zero attached hydrogens (tertiary/aromatic N) is 2. The van der Waals surface area contributed by atoms with Crippen LogP contribution >= 0.6 is 12.0 Å². The Morgan fingerprint density at radius 1 is 1.37 bits per heavy atom. The Morgan fingerprint density at radius 2 is 2.10 bits per heavy atom. The van der Waals surface area contributed by atoms with Gasteiger partial charge in [0.2, 0.25) is 0 Å². The van der Waals surface area contributed by atoms with Crippen LogP contribution in [0.4, 0.5) is 10.5 Å². The van der Waals surface area contributed by atoms with E-state index in [1.165, 1.54) is 35.4 Å². The van der Waals surface area contributed by atoms with E-state index in [2.05, 4.69) is 5.32 Å². The number of carbonyl (C=O) groups is 3. The number of nitro groups is 1. The van der Waals surface area contributed by atoms with Crippen molar-refractivity contribution in [2.45, 2.75) is 26.0 Å². The Balaban J connectivity index is 1.29. The minimum atomic E-state index is -0.652. The normalized spacial score (nSPS) is 18.4. The molecule has 1 atom stereocenters. The highest BCUT2D eigenvalue weighted by Crippen LogP contribution is 2.37. The minimum Gasteiger partial charge on any atom is -0.445 e. The van der Waals surface area contributed by atoms with E-state index in [0.29, 0.717) is 28.9 Å². The van der Waals surface area contributed by atoms with Crippen LogP contribution in [-0.2, 0) is 25.1 Å². The van der Waals surface area contributed by atoms with Crippen LogP contribution in [0.25, 0.3) is 0 Å². The molecule has 1 saturated heterocycles. The lowest BCUT2D eigenvalue weighted by Crippen LogP contribution is -2.49. The molecule has 2 aliphatic heterocycles. The summed E-state index contributed by atoms with van der Waals surface area (Å²) in [6.45, 7) is 1.98. The highest BCUT2D eigenvalue weighted by Gasteiger charge is 2.45. The molecule has 3 rings (SSSR count). The Hall–Kier alpha value is -3.34. The first-order valence-electron chi connectivity index (χ1n) is 9.08. The number of nitrogens with one attached hydrogen (secondary N) is 1. The summed E-state index contributed by atoms with van der Waals surface area (Å²) in [6.07, 6.45) is 3.07. The van der Waals surface area contributed by atoms with Crippen LogP contribution in [0.5, 0.6) is 0 Å². The van der Waals surface area contributed by atoms with Crippen molar-refractivity contribution in [3.63, 3.8) is 0 Å². The lowest BCUT2D eigenvalue weighted by molar-refractivity contribution is -0.384. The van der Waals surface area contributed by atoms with Crippen LogP contribution in [0.15, 0.2) is 47.7 Å². The Labute approximate surface area is 176 Å². The first kappa shape index (κ1) is 21.4. The molecule has 0 radical (unpaired) electrons. The fraction of sp³-hybridized carbons (Fsp3) is 0.316. The van der Waals surface area contributed by atoms with Crippen LogP contribution in [0.1, 0.15) is 18.9 Å². The Kier molecular flexibility index (Phi) is 6.72. The van der Waals surface area contributed by atoms with Gasteiger partial charge in [-0.1, -0.05) is 6.08 Å². The first-order chi connectivity index (χ1) is 14.4. The highest BCUT2D eigenvalue weighted by atomic mass is 32.2. The number of alkyl carbamates (subject to hydrolysis) is 1. The number of ether oxygens (including phenoxy) is 1. The van der Waals surface area contributed by atoms with Crippen molar-refractivity contribution in [3.8, 4) is 0 Å². The maximum absolute atomic E-state index is 12.1. The van der Waals surface area contributed by atoms with Crippen LogP contribution in [0.3, 0.4) is 0 Å². The molecule has 1 fully saturated rings. The van der Waals surface area contributed by atoms with Crippen molar-refractivity contribution in [3.05, 3.63) is 63.4 Å². The molecular weight excluding hydrogens is 414 g/mol. The van der Waals surface area contributed by atoms with Gasteiger partial charge in [-0.15, -0.1) is 0 Å². The second-order valence-corrected chi connectivity index (χ2v) is 7.26. The van der Waals surface area contributed by atoms with Gasteiger partial charge in [-0.05, 0) is 24.6 Å². The summed E-state index contributed by atoms with van der Waals surface area (Å²) < 4.78 is 10.1. The van der Waals surface area contributed by atoms with E-state index in [4.69, 9.17) is 8.92 Å². The number of hydrogen-bond acceptors (Lipinski definition) is 8. The fourth-order valence-electron chi connectivity index (χ4n) is 3.01. The predicted molar refractivity (Wildman–Crippen MR) is 107 cm³/mol. The summed E-state index contributed by atoms with van der Waals surface area (Å²) in [5, 5.41) is 13.1. The van der Waals surface area contributed by atoms with Crippen molar-refractivity contribution in [2.24, 2.45) is 0 Å². The summed E-state index contributed by atoms with van der Waals surface area (Å²) in [4.78, 5) is 47.1. The van der Waals surface area contributed by atoms with Crippen molar-refractivity contribution >= 4 is 35.7 Å². The van der Waals surface area contributed by atoms with E-state index in [-0.39, 0.29) is 30.8 Å². The third-order valence-corrected chi connectivity index (χ3v) is 5.20. The Morgan fingerprint density at radius 3 is 2.77 bits per heavy atom. The molecule has 30 heavy (non-hydrogen) atoms. The van der Waals surface area contributed by atoms with Crippen molar-refractivity contribution < 1.29 is 28.2 Å². The standard InChI is InChI=1S/C19H19N3O7S/c1-2-15-16-9-13(10-21(16)17(15)23)18(24)29-30-8-7-20-19(25)28-11-12-3-5-14(6-4-12)22(26)27/h2-6,10,16H,7-9,11H2,1H3,(H,20,25). The second-order valence-electron chi connectivity index (χ2n) is 6.45. The van der Waals surface area contributed by atoms with Gasteiger partial charge >= 0.3 is 12.1 Å². The Bertz CT molecular complexity index is 927. The van der Waals surface area contributed by atoms with E-state index in [0.717, 1.165) is 12.0 Å². The number of allylic oxidation sites excluding steroid dienone is 1. The summed E-state index contributed by atoms with van der Waals surface area (Å²) >= 11 is 0.897. The van der Waals surface area contributed by atoms with Gasteiger partial charge in [0.15, 0.2) is 0 Å². The molecule has 2 heterocycles. The van der Waals surface area contributed by atoms with Crippen LogP contribution in [0.2, 0.25) is 0 Å². The SMILES string of the molecule is CC=C1C(=O)N2C=C(C(=O)OSCCNC(=O)OCc3ccc([N+](=O)[O-])cc3)CC12. The minimum absolute atomic E-state index is 0.0231. The van der Waals surface area contributed by atoms with Crippen molar-refractivity contribution in [2.75, 3.05) is 12.3 Å². The number of nitro benzene ring substituents is 1. The summed E-state index contributed by atoms with van der Waals surface area (Å²) in [6, 6.07) is 5.61. The van der Waals surface area contributed by atoms with Crippen LogP contribution < -0.4 is 5.32 Å². The third-order valence-electron chi connectivity index (χ3n) is 4.56. The van der Waals surface area contributed by atoms with Gasteiger partial charge in [0.1, 0.15) is 6.61 Å².